The lowest BCUT2D eigenvalue weighted by Crippen LogP contribution is -2.55. The number of hydrogen-bond donors (Lipinski definition) is 1. The molecule has 2 unspecified atom stereocenters. The SMILES string of the molecule is CNC(C)C1CCCCN1S(=O)(=O)C1CCOCC1. The van der Waals surface area contributed by atoms with Crippen LogP contribution in [-0.2, 0) is 14.8 Å². The van der Waals surface area contributed by atoms with Crippen molar-refractivity contribution in [3.8, 4) is 0 Å². The van der Waals surface area contributed by atoms with Crippen LogP contribution in [0.15, 0.2) is 0 Å². The Morgan fingerprint density at radius 2 is 1.89 bits per heavy atom. The second-order valence-electron chi connectivity index (χ2n) is 5.61. The Morgan fingerprint density at radius 1 is 1.21 bits per heavy atom. The number of nitrogens with zero attached hydrogens (tertiary/aromatic N) is 1. The first-order valence-electron chi connectivity index (χ1n) is 7.33. The van der Waals surface area contributed by atoms with Crippen LogP contribution in [0.25, 0.3) is 0 Å². The van der Waals surface area contributed by atoms with E-state index in [2.05, 4.69) is 12.2 Å². The van der Waals surface area contributed by atoms with Crippen LogP contribution in [0.1, 0.15) is 39.0 Å². The largest absolute Gasteiger partial charge is 0.381 e. The van der Waals surface area contributed by atoms with E-state index in [-0.39, 0.29) is 17.3 Å². The summed E-state index contributed by atoms with van der Waals surface area (Å²) in [5.41, 5.74) is 0. The van der Waals surface area contributed by atoms with Gasteiger partial charge in [0.05, 0.1) is 5.25 Å². The molecule has 5 nitrogen and oxygen atoms in total. The zero-order valence-electron chi connectivity index (χ0n) is 12.0. The predicted octanol–water partition coefficient (Wildman–Crippen LogP) is 0.958. The fraction of sp³-hybridized carbons (Fsp3) is 1.00. The average molecular weight is 290 g/mol. The van der Waals surface area contributed by atoms with Crippen LogP contribution in [0.5, 0.6) is 0 Å². The van der Waals surface area contributed by atoms with Gasteiger partial charge in [-0.3, -0.25) is 0 Å². The number of nitrogens with one attached hydrogen (secondary N) is 1. The summed E-state index contributed by atoms with van der Waals surface area (Å²) in [5, 5.41) is 2.96. The molecule has 2 rings (SSSR count). The predicted molar refractivity (Wildman–Crippen MR) is 75.6 cm³/mol. The molecule has 2 aliphatic heterocycles. The highest BCUT2D eigenvalue weighted by molar-refractivity contribution is 7.89. The van der Waals surface area contributed by atoms with Crippen molar-refractivity contribution in [3.05, 3.63) is 0 Å². The molecule has 0 amide bonds. The summed E-state index contributed by atoms with van der Waals surface area (Å²) < 4.78 is 32.7. The monoisotopic (exact) mass is 290 g/mol. The Bertz CT molecular complexity index is 379. The molecule has 0 aromatic rings. The molecular weight excluding hydrogens is 264 g/mol. The van der Waals surface area contributed by atoms with Gasteiger partial charge >= 0.3 is 0 Å². The van der Waals surface area contributed by atoms with Crippen molar-refractivity contribution in [2.45, 2.75) is 56.4 Å². The first kappa shape index (κ1) is 15.2. The lowest BCUT2D eigenvalue weighted by Gasteiger charge is -2.40. The minimum absolute atomic E-state index is 0.103. The van der Waals surface area contributed by atoms with Crippen LogP contribution in [0.3, 0.4) is 0 Å². The molecule has 2 atom stereocenters. The maximum Gasteiger partial charge on any atom is 0.217 e. The highest BCUT2D eigenvalue weighted by Crippen LogP contribution is 2.28. The van der Waals surface area contributed by atoms with Crippen molar-refractivity contribution in [3.63, 3.8) is 0 Å². The number of likely N-dealkylation sites (N-methyl/N-ethyl adjacent to an activating group) is 1. The van der Waals surface area contributed by atoms with Gasteiger partial charge in [0, 0.05) is 31.8 Å². The quantitative estimate of drug-likeness (QED) is 0.838. The van der Waals surface area contributed by atoms with Gasteiger partial charge in [-0.15, -0.1) is 0 Å². The lowest BCUT2D eigenvalue weighted by molar-refractivity contribution is 0.0958. The molecule has 112 valence electrons. The Kier molecular flexibility index (Phi) is 5.22. The van der Waals surface area contributed by atoms with Crippen molar-refractivity contribution in [1.82, 2.24) is 9.62 Å². The number of hydrogen-bond acceptors (Lipinski definition) is 4. The zero-order chi connectivity index (χ0) is 13.9. The summed E-state index contributed by atoms with van der Waals surface area (Å²) in [4.78, 5) is 0. The normalized spacial score (nSPS) is 29.3. The fourth-order valence-electron chi connectivity index (χ4n) is 3.10. The van der Waals surface area contributed by atoms with Crippen molar-refractivity contribution in [2.24, 2.45) is 0 Å². The molecule has 6 heteroatoms. The minimum atomic E-state index is -3.18. The number of sulfonamides is 1. The van der Waals surface area contributed by atoms with Crippen LogP contribution < -0.4 is 5.32 Å². The Balaban J connectivity index is 2.15. The first-order valence-corrected chi connectivity index (χ1v) is 8.83. The zero-order valence-corrected chi connectivity index (χ0v) is 12.8. The molecule has 2 aliphatic rings. The van der Waals surface area contributed by atoms with E-state index in [0.29, 0.717) is 32.6 Å². The van der Waals surface area contributed by atoms with Gasteiger partial charge in [0.2, 0.25) is 10.0 Å². The summed E-state index contributed by atoms with van der Waals surface area (Å²) in [5.74, 6) is 0. The number of ether oxygens (including phenoxy) is 1. The third-order valence-electron chi connectivity index (χ3n) is 4.45. The van der Waals surface area contributed by atoms with Crippen molar-refractivity contribution >= 4 is 10.0 Å². The standard InChI is InChI=1S/C13H26N2O3S/c1-11(14-2)13-5-3-4-8-15(13)19(16,17)12-6-9-18-10-7-12/h11-14H,3-10H2,1-2H3. The Hall–Kier alpha value is -0.170. The third kappa shape index (κ3) is 3.29. The van der Waals surface area contributed by atoms with E-state index in [4.69, 9.17) is 4.74 Å². The van der Waals surface area contributed by atoms with Gasteiger partial charge in [0.1, 0.15) is 0 Å². The van der Waals surface area contributed by atoms with E-state index >= 15 is 0 Å². The van der Waals surface area contributed by atoms with Gasteiger partial charge in [-0.25, -0.2) is 8.42 Å². The smallest absolute Gasteiger partial charge is 0.217 e. The van der Waals surface area contributed by atoms with Crippen molar-refractivity contribution < 1.29 is 13.2 Å². The fourth-order valence-corrected chi connectivity index (χ4v) is 5.32. The van der Waals surface area contributed by atoms with Gasteiger partial charge in [0.25, 0.3) is 0 Å². The summed E-state index contributed by atoms with van der Waals surface area (Å²) in [6.07, 6.45) is 4.34. The van der Waals surface area contributed by atoms with E-state index in [1.165, 1.54) is 0 Å². The first-order chi connectivity index (χ1) is 9.07. The highest BCUT2D eigenvalue weighted by Gasteiger charge is 2.39. The number of piperidine rings is 1. The summed E-state index contributed by atoms with van der Waals surface area (Å²) in [6, 6.07) is 0.307. The summed E-state index contributed by atoms with van der Waals surface area (Å²) in [6.45, 7) is 3.90. The minimum Gasteiger partial charge on any atom is -0.381 e. The molecular formula is C13H26N2O3S. The van der Waals surface area contributed by atoms with Gasteiger partial charge < -0.3 is 10.1 Å². The molecule has 0 spiro atoms. The van der Waals surface area contributed by atoms with E-state index in [1.54, 1.807) is 4.31 Å². The van der Waals surface area contributed by atoms with Gasteiger partial charge in [0.15, 0.2) is 0 Å². The summed E-state index contributed by atoms with van der Waals surface area (Å²) >= 11 is 0. The molecule has 2 heterocycles. The Morgan fingerprint density at radius 3 is 2.53 bits per heavy atom. The molecule has 0 bridgehead atoms. The summed E-state index contributed by atoms with van der Waals surface area (Å²) in [7, 11) is -1.27. The van der Waals surface area contributed by atoms with E-state index in [0.717, 1.165) is 19.3 Å². The van der Waals surface area contributed by atoms with Crippen LogP contribution in [0.4, 0.5) is 0 Å². The molecule has 2 saturated heterocycles. The highest BCUT2D eigenvalue weighted by atomic mass is 32.2. The molecule has 19 heavy (non-hydrogen) atoms. The second kappa shape index (κ2) is 6.52. The van der Waals surface area contributed by atoms with Gasteiger partial charge in [-0.05, 0) is 39.7 Å². The number of rotatable bonds is 4. The second-order valence-corrected chi connectivity index (χ2v) is 7.77. The van der Waals surface area contributed by atoms with Crippen molar-refractivity contribution in [2.75, 3.05) is 26.8 Å². The van der Waals surface area contributed by atoms with Crippen LogP contribution >= 0.6 is 0 Å². The van der Waals surface area contributed by atoms with E-state index in [1.807, 2.05) is 7.05 Å². The van der Waals surface area contributed by atoms with Gasteiger partial charge in [-0.2, -0.15) is 4.31 Å². The van der Waals surface area contributed by atoms with Crippen molar-refractivity contribution in [1.29, 1.82) is 0 Å². The maximum atomic E-state index is 12.8. The van der Waals surface area contributed by atoms with Crippen LogP contribution in [0, 0.1) is 0 Å². The molecule has 0 saturated carbocycles. The van der Waals surface area contributed by atoms with Crippen LogP contribution in [-0.4, -0.2) is 56.9 Å². The average Bonchev–Trinajstić information content (AvgIpc) is 2.47. The maximum absolute atomic E-state index is 12.8. The Labute approximate surface area is 116 Å². The molecule has 0 radical (unpaired) electrons. The molecule has 0 aromatic carbocycles. The van der Waals surface area contributed by atoms with E-state index in [9.17, 15) is 8.42 Å². The molecule has 1 N–H and O–H groups in total. The molecule has 2 fully saturated rings. The molecule has 0 aliphatic carbocycles. The topological polar surface area (TPSA) is 58.6 Å². The van der Waals surface area contributed by atoms with E-state index < -0.39 is 10.0 Å². The third-order valence-corrected chi connectivity index (χ3v) is 6.87. The van der Waals surface area contributed by atoms with Gasteiger partial charge in [-0.1, -0.05) is 6.42 Å². The lowest BCUT2D eigenvalue weighted by atomic mass is 9.99. The molecule has 0 aromatic heterocycles. The van der Waals surface area contributed by atoms with Crippen LogP contribution in [0.2, 0.25) is 0 Å².